The van der Waals surface area contributed by atoms with Gasteiger partial charge in [0.25, 0.3) is 0 Å². The maximum Gasteiger partial charge on any atom is 0.113 e. The molecule has 52 valence electrons. The molecule has 1 aliphatic rings. The summed E-state index contributed by atoms with van der Waals surface area (Å²) in [5.74, 6) is 1.18. The molecule has 9 heavy (non-hydrogen) atoms. The van der Waals surface area contributed by atoms with Gasteiger partial charge in [-0.05, 0) is 13.0 Å². The van der Waals surface area contributed by atoms with Crippen LogP contribution in [0, 0.1) is 0 Å². The van der Waals surface area contributed by atoms with Crippen LogP contribution in [-0.2, 0) is 0 Å². The Balaban J connectivity index is 2.47. The van der Waals surface area contributed by atoms with Crippen molar-refractivity contribution < 1.29 is 0 Å². The molecule has 0 atom stereocenters. The van der Waals surface area contributed by atoms with Crippen molar-refractivity contribution in [1.29, 1.82) is 0 Å². The van der Waals surface area contributed by atoms with Crippen LogP contribution >= 0.6 is 0 Å². The fourth-order valence-corrected chi connectivity index (χ4v) is 0.967. The summed E-state index contributed by atoms with van der Waals surface area (Å²) >= 11 is 0. The van der Waals surface area contributed by atoms with Gasteiger partial charge in [0.15, 0.2) is 0 Å². The summed E-state index contributed by atoms with van der Waals surface area (Å²) in [5.41, 5.74) is 3.19. The van der Waals surface area contributed by atoms with Crippen LogP contribution < -0.4 is 10.7 Å². The highest BCUT2D eigenvalue weighted by atomic mass is 15.6. The molecule has 0 saturated heterocycles. The Labute approximate surface area is 55.7 Å². The third-order valence-corrected chi connectivity index (χ3v) is 1.44. The Morgan fingerprint density at radius 2 is 2.67 bits per heavy atom. The van der Waals surface area contributed by atoms with Gasteiger partial charge in [0.1, 0.15) is 5.82 Å². The highest BCUT2D eigenvalue weighted by Crippen LogP contribution is 2.00. The van der Waals surface area contributed by atoms with E-state index in [-0.39, 0.29) is 0 Å². The predicted molar refractivity (Wildman–Crippen MR) is 37.5 cm³/mol. The normalized spacial score (nSPS) is 18.0. The first kappa shape index (κ1) is 6.42. The molecule has 0 radical (unpaired) electrons. The molecule has 2 N–H and O–H groups in total. The van der Waals surface area contributed by atoms with Crippen LogP contribution in [0.3, 0.4) is 0 Å². The fourth-order valence-electron chi connectivity index (χ4n) is 0.967. The number of rotatable bonds is 2. The van der Waals surface area contributed by atoms with Crippen molar-refractivity contribution in [3.63, 3.8) is 0 Å². The molecule has 0 amide bonds. The number of hydrogen-bond donors (Lipinski definition) is 2. The lowest BCUT2D eigenvalue weighted by Gasteiger charge is -2.19. The van der Waals surface area contributed by atoms with Crippen molar-refractivity contribution in [2.45, 2.75) is 6.92 Å². The van der Waals surface area contributed by atoms with Crippen molar-refractivity contribution in [3.8, 4) is 0 Å². The lowest BCUT2D eigenvalue weighted by atomic mass is 10.5. The van der Waals surface area contributed by atoms with Crippen molar-refractivity contribution in [3.05, 3.63) is 11.9 Å². The standard InChI is InChI=1S/C6H13N3/c1-3-9-6(7-2)4-5-8-9/h4,7-8H,3,5H2,1-2H3. The van der Waals surface area contributed by atoms with Crippen LogP contribution in [0.25, 0.3) is 0 Å². The number of nitrogens with zero attached hydrogens (tertiary/aromatic N) is 1. The van der Waals surface area contributed by atoms with Gasteiger partial charge in [-0.3, -0.25) is 5.01 Å². The quantitative estimate of drug-likeness (QED) is 0.542. The lowest BCUT2D eigenvalue weighted by molar-refractivity contribution is 0.282. The van der Waals surface area contributed by atoms with Gasteiger partial charge in [-0.1, -0.05) is 0 Å². The van der Waals surface area contributed by atoms with Gasteiger partial charge in [-0.2, -0.15) is 0 Å². The molecule has 0 spiro atoms. The average molecular weight is 127 g/mol. The second-order valence-electron chi connectivity index (χ2n) is 1.95. The molecule has 0 saturated carbocycles. The topological polar surface area (TPSA) is 27.3 Å². The first-order valence-corrected chi connectivity index (χ1v) is 3.27. The third-order valence-electron chi connectivity index (χ3n) is 1.44. The van der Waals surface area contributed by atoms with Gasteiger partial charge in [-0.25, -0.2) is 5.43 Å². The summed E-state index contributed by atoms with van der Waals surface area (Å²) in [4.78, 5) is 0. The molecule has 1 rings (SSSR count). The van der Waals surface area contributed by atoms with Gasteiger partial charge < -0.3 is 5.32 Å². The van der Waals surface area contributed by atoms with E-state index in [0.717, 1.165) is 13.1 Å². The van der Waals surface area contributed by atoms with Crippen LogP contribution in [0.4, 0.5) is 0 Å². The van der Waals surface area contributed by atoms with E-state index in [0.29, 0.717) is 0 Å². The first-order valence-electron chi connectivity index (χ1n) is 3.27. The molecule has 1 heterocycles. The minimum atomic E-state index is 0.948. The van der Waals surface area contributed by atoms with Gasteiger partial charge in [0.2, 0.25) is 0 Å². The van der Waals surface area contributed by atoms with Crippen LogP contribution in [0.15, 0.2) is 11.9 Å². The van der Waals surface area contributed by atoms with E-state index in [1.54, 1.807) is 0 Å². The van der Waals surface area contributed by atoms with E-state index in [1.165, 1.54) is 5.82 Å². The van der Waals surface area contributed by atoms with Crippen LogP contribution in [0.2, 0.25) is 0 Å². The summed E-state index contributed by atoms with van der Waals surface area (Å²) in [5, 5.41) is 5.17. The van der Waals surface area contributed by atoms with Crippen molar-refractivity contribution in [1.82, 2.24) is 15.8 Å². The van der Waals surface area contributed by atoms with Crippen molar-refractivity contribution in [2.24, 2.45) is 0 Å². The van der Waals surface area contributed by atoms with Crippen molar-refractivity contribution >= 4 is 0 Å². The smallest absolute Gasteiger partial charge is 0.113 e. The third kappa shape index (κ3) is 1.16. The summed E-state index contributed by atoms with van der Waals surface area (Å²) in [6.07, 6.45) is 2.13. The Bertz CT molecular complexity index is 119. The molecule has 3 nitrogen and oxygen atoms in total. The molecule has 0 unspecified atom stereocenters. The summed E-state index contributed by atoms with van der Waals surface area (Å²) in [6, 6.07) is 0. The summed E-state index contributed by atoms with van der Waals surface area (Å²) in [7, 11) is 1.93. The van der Waals surface area contributed by atoms with Gasteiger partial charge in [-0.15, -0.1) is 0 Å². The largest absolute Gasteiger partial charge is 0.374 e. The summed E-state index contributed by atoms with van der Waals surface area (Å²) in [6.45, 7) is 4.07. The summed E-state index contributed by atoms with van der Waals surface area (Å²) < 4.78 is 0. The minimum absolute atomic E-state index is 0.948. The molecule has 0 aromatic heterocycles. The molecule has 0 aromatic carbocycles. The molecule has 0 aromatic rings. The van der Waals surface area contributed by atoms with E-state index in [2.05, 4.69) is 28.8 Å². The number of hydrogen-bond acceptors (Lipinski definition) is 3. The average Bonchev–Trinajstić information content (AvgIpc) is 2.33. The molecular weight excluding hydrogens is 114 g/mol. The first-order chi connectivity index (χ1) is 4.38. The zero-order valence-electron chi connectivity index (χ0n) is 5.94. The lowest BCUT2D eigenvalue weighted by Crippen LogP contribution is -2.35. The number of hydrazine groups is 1. The van der Waals surface area contributed by atoms with Crippen molar-refractivity contribution in [2.75, 3.05) is 20.1 Å². The molecule has 0 aliphatic carbocycles. The molecule has 0 bridgehead atoms. The minimum Gasteiger partial charge on any atom is -0.374 e. The number of nitrogens with one attached hydrogen (secondary N) is 2. The highest BCUT2D eigenvalue weighted by molar-refractivity contribution is 5.02. The zero-order chi connectivity index (χ0) is 6.69. The Hall–Kier alpha value is -0.700. The molecule has 0 fully saturated rings. The molecular formula is C6H13N3. The Morgan fingerprint density at radius 3 is 3.11 bits per heavy atom. The fraction of sp³-hybridized carbons (Fsp3) is 0.667. The van der Waals surface area contributed by atoms with E-state index in [4.69, 9.17) is 0 Å². The van der Waals surface area contributed by atoms with Crippen LogP contribution in [0.1, 0.15) is 6.92 Å². The highest BCUT2D eigenvalue weighted by Gasteiger charge is 2.08. The van der Waals surface area contributed by atoms with Gasteiger partial charge in [0.05, 0.1) is 0 Å². The predicted octanol–water partition coefficient (Wildman–Crippen LogP) is -0.113. The second kappa shape index (κ2) is 2.73. The Morgan fingerprint density at radius 1 is 1.89 bits per heavy atom. The molecule has 1 aliphatic heterocycles. The van der Waals surface area contributed by atoms with E-state index in [9.17, 15) is 0 Å². The van der Waals surface area contributed by atoms with Crippen LogP contribution in [-0.4, -0.2) is 25.1 Å². The van der Waals surface area contributed by atoms with E-state index >= 15 is 0 Å². The maximum absolute atomic E-state index is 3.19. The van der Waals surface area contributed by atoms with E-state index in [1.807, 2.05) is 7.05 Å². The van der Waals surface area contributed by atoms with E-state index < -0.39 is 0 Å². The Kier molecular flexibility index (Phi) is 1.95. The second-order valence-corrected chi connectivity index (χ2v) is 1.95. The van der Waals surface area contributed by atoms with Gasteiger partial charge >= 0.3 is 0 Å². The SMILES string of the molecule is CCN1NCC=C1NC. The molecule has 3 heteroatoms. The monoisotopic (exact) mass is 127 g/mol. The maximum atomic E-state index is 3.19. The van der Waals surface area contributed by atoms with Gasteiger partial charge in [0, 0.05) is 20.1 Å². The van der Waals surface area contributed by atoms with Crippen LogP contribution in [0.5, 0.6) is 0 Å². The zero-order valence-corrected chi connectivity index (χ0v) is 5.94.